The molecule has 1 aliphatic carbocycles. The highest BCUT2D eigenvalue weighted by atomic mass is 32.2. The molecule has 1 atom stereocenters. The molecule has 1 aromatic rings. The van der Waals surface area contributed by atoms with E-state index >= 15 is 0 Å². The Morgan fingerprint density at radius 1 is 1.08 bits per heavy atom. The van der Waals surface area contributed by atoms with E-state index < -0.39 is 10.0 Å². The maximum atomic E-state index is 12.9. The minimum Gasteiger partial charge on any atom is -0.347 e. The van der Waals surface area contributed by atoms with Gasteiger partial charge in [-0.15, -0.1) is 0 Å². The van der Waals surface area contributed by atoms with E-state index in [0.29, 0.717) is 31.1 Å². The largest absolute Gasteiger partial charge is 0.347 e. The summed E-state index contributed by atoms with van der Waals surface area (Å²) >= 11 is 0. The molecule has 0 spiro atoms. The molecule has 1 heterocycles. The number of carbonyl (C=O) groups is 1. The first-order chi connectivity index (χ1) is 11.8. The molecular formula is C18H27N3O3S. The summed E-state index contributed by atoms with van der Waals surface area (Å²) in [7, 11) is 0.0289. The number of amides is 1. The Bertz CT molecular complexity index is 753. The van der Waals surface area contributed by atoms with Crippen molar-refractivity contribution in [3.05, 3.63) is 29.3 Å². The first-order valence-electron chi connectivity index (χ1n) is 8.88. The SMILES string of the molecule is C[C@@H](C(=O)N(C)C)N1CCN(S(=O)(=O)c2ccc3c(c2)CCC3)CC1. The second kappa shape index (κ2) is 7.05. The predicted molar refractivity (Wildman–Crippen MR) is 97.0 cm³/mol. The van der Waals surface area contributed by atoms with Gasteiger partial charge in [0.25, 0.3) is 0 Å². The molecular weight excluding hydrogens is 338 g/mol. The van der Waals surface area contributed by atoms with Crippen LogP contribution in [0, 0.1) is 0 Å². The van der Waals surface area contributed by atoms with E-state index in [9.17, 15) is 13.2 Å². The van der Waals surface area contributed by atoms with Crippen LogP contribution < -0.4 is 0 Å². The van der Waals surface area contributed by atoms with Crippen molar-refractivity contribution in [2.24, 2.45) is 0 Å². The Kier molecular flexibility index (Phi) is 5.18. The molecule has 1 aliphatic heterocycles. The average molecular weight is 365 g/mol. The molecule has 1 fully saturated rings. The quantitative estimate of drug-likeness (QED) is 0.797. The molecule has 1 amide bonds. The van der Waals surface area contributed by atoms with Crippen LogP contribution in [0.3, 0.4) is 0 Å². The smallest absolute Gasteiger partial charge is 0.243 e. The molecule has 0 radical (unpaired) electrons. The van der Waals surface area contributed by atoms with Crippen LogP contribution in [0.25, 0.3) is 0 Å². The van der Waals surface area contributed by atoms with Gasteiger partial charge in [-0.2, -0.15) is 4.31 Å². The van der Waals surface area contributed by atoms with Gasteiger partial charge in [0.1, 0.15) is 0 Å². The molecule has 2 aliphatic rings. The lowest BCUT2D eigenvalue weighted by atomic mass is 10.1. The zero-order valence-electron chi connectivity index (χ0n) is 15.2. The van der Waals surface area contributed by atoms with Gasteiger partial charge < -0.3 is 4.90 Å². The minimum absolute atomic E-state index is 0.0509. The van der Waals surface area contributed by atoms with Crippen molar-refractivity contribution < 1.29 is 13.2 Å². The molecule has 1 saturated heterocycles. The van der Waals surface area contributed by atoms with Gasteiger partial charge in [0.05, 0.1) is 10.9 Å². The van der Waals surface area contributed by atoms with E-state index in [1.165, 1.54) is 11.1 Å². The van der Waals surface area contributed by atoms with Crippen molar-refractivity contribution in [1.29, 1.82) is 0 Å². The van der Waals surface area contributed by atoms with Gasteiger partial charge in [0.2, 0.25) is 15.9 Å². The summed E-state index contributed by atoms with van der Waals surface area (Å²) in [4.78, 5) is 16.1. The summed E-state index contributed by atoms with van der Waals surface area (Å²) in [6, 6.07) is 5.33. The lowest BCUT2D eigenvalue weighted by Crippen LogP contribution is -2.54. The van der Waals surface area contributed by atoms with Crippen molar-refractivity contribution >= 4 is 15.9 Å². The average Bonchev–Trinajstić information content (AvgIpc) is 3.08. The highest BCUT2D eigenvalue weighted by Crippen LogP contribution is 2.26. The number of piperazine rings is 1. The molecule has 0 saturated carbocycles. The Labute approximate surface area is 150 Å². The molecule has 7 heteroatoms. The van der Waals surface area contributed by atoms with E-state index in [2.05, 4.69) is 4.90 Å². The normalized spacial score (nSPS) is 20.3. The Morgan fingerprint density at radius 3 is 2.36 bits per heavy atom. The maximum absolute atomic E-state index is 12.9. The minimum atomic E-state index is -3.46. The zero-order valence-corrected chi connectivity index (χ0v) is 16.1. The monoisotopic (exact) mass is 365 g/mol. The number of hydrogen-bond donors (Lipinski definition) is 0. The van der Waals surface area contributed by atoms with Gasteiger partial charge >= 0.3 is 0 Å². The standard InChI is InChI=1S/C18H27N3O3S/c1-14(18(22)19(2)3)20-9-11-21(12-10-20)25(23,24)17-8-7-15-5-4-6-16(15)13-17/h7-8,13-14H,4-6,9-12H2,1-3H3/t14-/m0/s1. The predicted octanol–water partition coefficient (Wildman–Crippen LogP) is 0.958. The van der Waals surface area contributed by atoms with Crippen molar-refractivity contribution in [1.82, 2.24) is 14.1 Å². The zero-order chi connectivity index (χ0) is 18.2. The van der Waals surface area contributed by atoms with Crippen LogP contribution >= 0.6 is 0 Å². The summed E-state index contributed by atoms with van der Waals surface area (Å²) in [5.74, 6) is 0.0509. The number of rotatable bonds is 4. The van der Waals surface area contributed by atoms with Crippen LogP contribution in [0.2, 0.25) is 0 Å². The molecule has 25 heavy (non-hydrogen) atoms. The third-order valence-electron chi connectivity index (χ3n) is 5.33. The van der Waals surface area contributed by atoms with E-state index in [-0.39, 0.29) is 11.9 Å². The summed E-state index contributed by atoms with van der Waals surface area (Å²) in [5.41, 5.74) is 2.45. The van der Waals surface area contributed by atoms with Gasteiger partial charge in [0, 0.05) is 40.3 Å². The van der Waals surface area contributed by atoms with Crippen LogP contribution in [0.1, 0.15) is 24.5 Å². The summed E-state index contributed by atoms with van der Waals surface area (Å²) < 4.78 is 27.4. The second-order valence-corrected chi connectivity index (χ2v) is 9.07. The van der Waals surface area contributed by atoms with Crippen LogP contribution in [0.4, 0.5) is 0 Å². The van der Waals surface area contributed by atoms with E-state index in [0.717, 1.165) is 19.3 Å². The number of benzene rings is 1. The number of hydrogen-bond acceptors (Lipinski definition) is 4. The first-order valence-corrected chi connectivity index (χ1v) is 10.3. The topological polar surface area (TPSA) is 60.9 Å². The third kappa shape index (κ3) is 3.59. The van der Waals surface area contributed by atoms with Crippen LogP contribution in [-0.2, 0) is 27.7 Å². The molecule has 1 aromatic carbocycles. The van der Waals surface area contributed by atoms with Crippen LogP contribution in [-0.4, -0.2) is 74.7 Å². The number of carbonyl (C=O) groups excluding carboxylic acids is 1. The van der Waals surface area contributed by atoms with E-state index in [1.807, 2.05) is 19.1 Å². The van der Waals surface area contributed by atoms with Gasteiger partial charge in [-0.1, -0.05) is 6.07 Å². The lowest BCUT2D eigenvalue weighted by molar-refractivity contribution is -0.134. The maximum Gasteiger partial charge on any atom is 0.243 e. The molecule has 6 nitrogen and oxygen atoms in total. The summed E-state index contributed by atoms with van der Waals surface area (Å²) in [5, 5.41) is 0. The summed E-state index contributed by atoms with van der Waals surface area (Å²) in [6.45, 7) is 3.87. The number of aryl methyl sites for hydroxylation is 2. The van der Waals surface area contributed by atoms with Crippen molar-refractivity contribution in [2.45, 2.75) is 37.1 Å². The second-order valence-electron chi connectivity index (χ2n) is 7.13. The summed E-state index contributed by atoms with van der Waals surface area (Å²) in [6.07, 6.45) is 3.12. The fourth-order valence-electron chi connectivity index (χ4n) is 3.72. The number of fused-ring (bicyclic) bond motifs is 1. The van der Waals surface area contributed by atoms with E-state index in [1.54, 1.807) is 29.4 Å². The molecule has 138 valence electrons. The van der Waals surface area contributed by atoms with Gasteiger partial charge in [-0.3, -0.25) is 9.69 Å². The Balaban J connectivity index is 1.69. The van der Waals surface area contributed by atoms with Crippen molar-refractivity contribution in [2.75, 3.05) is 40.3 Å². The molecule has 0 aromatic heterocycles. The lowest BCUT2D eigenvalue weighted by Gasteiger charge is -2.37. The van der Waals surface area contributed by atoms with Gasteiger partial charge in [-0.25, -0.2) is 8.42 Å². The van der Waals surface area contributed by atoms with Crippen LogP contribution in [0.5, 0.6) is 0 Å². The molecule has 0 unspecified atom stereocenters. The van der Waals surface area contributed by atoms with Gasteiger partial charge in [0.15, 0.2) is 0 Å². The number of sulfonamides is 1. The molecule has 3 rings (SSSR count). The van der Waals surface area contributed by atoms with Crippen molar-refractivity contribution in [3.8, 4) is 0 Å². The molecule has 0 bridgehead atoms. The Hall–Kier alpha value is -1.44. The highest BCUT2D eigenvalue weighted by Gasteiger charge is 2.32. The van der Waals surface area contributed by atoms with Crippen LogP contribution in [0.15, 0.2) is 23.1 Å². The fraction of sp³-hybridized carbons (Fsp3) is 0.611. The number of likely N-dealkylation sites (N-methyl/N-ethyl adjacent to an activating group) is 1. The fourth-order valence-corrected chi connectivity index (χ4v) is 5.19. The number of nitrogens with zero attached hydrogens (tertiary/aromatic N) is 3. The van der Waals surface area contributed by atoms with Crippen molar-refractivity contribution in [3.63, 3.8) is 0 Å². The van der Waals surface area contributed by atoms with E-state index in [4.69, 9.17) is 0 Å². The highest BCUT2D eigenvalue weighted by molar-refractivity contribution is 7.89. The molecule has 0 N–H and O–H groups in total. The third-order valence-corrected chi connectivity index (χ3v) is 7.22. The first kappa shape index (κ1) is 18.4. The Morgan fingerprint density at radius 2 is 1.72 bits per heavy atom. The van der Waals surface area contributed by atoms with Gasteiger partial charge in [-0.05, 0) is 49.4 Å².